The molecule has 0 rings (SSSR count). The van der Waals surface area contributed by atoms with Gasteiger partial charge in [0, 0.05) is 5.92 Å². The fourth-order valence-electron chi connectivity index (χ4n) is 2.55. The Balaban J connectivity index is 3.92. The molecule has 22 heavy (non-hydrogen) atoms. The molecule has 0 bridgehead atoms. The Morgan fingerprint density at radius 1 is 0.955 bits per heavy atom. The topological polar surface area (TPSA) is 66.4 Å². The van der Waals surface area contributed by atoms with E-state index >= 15 is 0 Å². The van der Waals surface area contributed by atoms with Crippen molar-refractivity contribution in [1.82, 2.24) is 5.32 Å². The van der Waals surface area contributed by atoms with Crippen LogP contribution in [0.3, 0.4) is 0 Å². The van der Waals surface area contributed by atoms with Crippen LogP contribution in [0, 0.1) is 11.8 Å². The molecule has 0 fully saturated rings. The van der Waals surface area contributed by atoms with Crippen LogP contribution in [0.5, 0.6) is 0 Å². The van der Waals surface area contributed by atoms with Crippen molar-refractivity contribution < 1.29 is 14.7 Å². The van der Waals surface area contributed by atoms with Crippen molar-refractivity contribution in [3.05, 3.63) is 0 Å². The summed E-state index contributed by atoms with van der Waals surface area (Å²) in [7, 11) is 0. The van der Waals surface area contributed by atoms with Crippen molar-refractivity contribution in [1.29, 1.82) is 0 Å². The minimum absolute atomic E-state index is 0.107. The van der Waals surface area contributed by atoms with Crippen LogP contribution < -0.4 is 5.32 Å². The molecule has 2 N–H and O–H groups in total. The maximum absolute atomic E-state index is 12.1. The number of unbranched alkanes of at least 4 members (excludes halogenated alkanes) is 6. The van der Waals surface area contributed by atoms with Crippen LogP contribution in [0.15, 0.2) is 0 Å². The lowest BCUT2D eigenvalue weighted by Gasteiger charge is -2.19. The summed E-state index contributed by atoms with van der Waals surface area (Å²) in [6.07, 6.45) is 9.92. The minimum Gasteiger partial charge on any atom is -0.480 e. The highest BCUT2D eigenvalue weighted by Gasteiger charge is 2.23. The Labute approximate surface area is 136 Å². The highest BCUT2D eigenvalue weighted by molar-refractivity contribution is 5.84. The second-order valence-corrected chi connectivity index (χ2v) is 6.84. The third-order valence-electron chi connectivity index (χ3n) is 4.01. The number of rotatable bonds is 13. The first-order chi connectivity index (χ1) is 10.4. The van der Waals surface area contributed by atoms with Gasteiger partial charge in [-0.2, -0.15) is 0 Å². The van der Waals surface area contributed by atoms with E-state index in [1.165, 1.54) is 32.1 Å². The molecule has 0 aromatic rings. The van der Waals surface area contributed by atoms with Crippen LogP contribution in [0.4, 0.5) is 0 Å². The van der Waals surface area contributed by atoms with Gasteiger partial charge >= 0.3 is 5.97 Å². The monoisotopic (exact) mass is 313 g/mol. The van der Waals surface area contributed by atoms with E-state index in [1.807, 2.05) is 20.8 Å². The molecule has 1 amide bonds. The van der Waals surface area contributed by atoms with Gasteiger partial charge in [-0.25, -0.2) is 4.79 Å². The number of nitrogens with one attached hydrogen (secondary N) is 1. The van der Waals surface area contributed by atoms with Gasteiger partial charge in [-0.1, -0.05) is 72.6 Å². The normalized spacial score (nSPS) is 13.9. The maximum atomic E-state index is 12.1. The lowest BCUT2D eigenvalue weighted by atomic mass is 9.99. The molecule has 4 nitrogen and oxygen atoms in total. The third kappa shape index (κ3) is 10.6. The Morgan fingerprint density at radius 3 is 2.00 bits per heavy atom. The van der Waals surface area contributed by atoms with Gasteiger partial charge in [-0.3, -0.25) is 4.79 Å². The lowest BCUT2D eigenvalue weighted by molar-refractivity contribution is -0.142. The van der Waals surface area contributed by atoms with Gasteiger partial charge in [0.15, 0.2) is 0 Å². The van der Waals surface area contributed by atoms with Crippen LogP contribution in [0.25, 0.3) is 0 Å². The van der Waals surface area contributed by atoms with E-state index in [0.29, 0.717) is 6.42 Å². The molecule has 2 atom stereocenters. The molecule has 0 saturated heterocycles. The van der Waals surface area contributed by atoms with E-state index in [2.05, 4.69) is 12.2 Å². The van der Waals surface area contributed by atoms with Crippen molar-refractivity contribution >= 4 is 11.9 Å². The molecule has 0 aromatic heterocycles. The van der Waals surface area contributed by atoms with Crippen LogP contribution in [-0.4, -0.2) is 23.0 Å². The number of hydrogen-bond donors (Lipinski definition) is 2. The SMILES string of the molecule is CCCCCCCCCC(C)C(=O)N[C@@H](CC(C)C)C(=O)O. The zero-order chi connectivity index (χ0) is 17.0. The van der Waals surface area contributed by atoms with Crippen molar-refractivity contribution in [2.24, 2.45) is 11.8 Å². The van der Waals surface area contributed by atoms with Gasteiger partial charge in [0.05, 0.1) is 0 Å². The van der Waals surface area contributed by atoms with Crippen LogP contribution in [0.1, 0.15) is 85.5 Å². The minimum atomic E-state index is -0.940. The predicted molar refractivity (Wildman–Crippen MR) is 90.8 cm³/mol. The van der Waals surface area contributed by atoms with Gasteiger partial charge in [-0.15, -0.1) is 0 Å². The Bertz CT molecular complexity index is 315. The van der Waals surface area contributed by atoms with Crippen molar-refractivity contribution in [2.75, 3.05) is 0 Å². The summed E-state index contributed by atoms with van der Waals surface area (Å²) >= 11 is 0. The van der Waals surface area contributed by atoms with E-state index in [4.69, 9.17) is 5.11 Å². The fourth-order valence-corrected chi connectivity index (χ4v) is 2.55. The molecule has 0 aromatic carbocycles. The average Bonchev–Trinajstić information content (AvgIpc) is 2.44. The highest BCUT2D eigenvalue weighted by atomic mass is 16.4. The number of carboxylic acids is 1. The average molecular weight is 313 g/mol. The van der Waals surface area contributed by atoms with Gasteiger partial charge in [0.1, 0.15) is 6.04 Å². The lowest BCUT2D eigenvalue weighted by Crippen LogP contribution is -2.43. The van der Waals surface area contributed by atoms with Gasteiger partial charge in [-0.05, 0) is 18.8 Å². The largest absolute Gasteiger partial charge is 0.480 e. The molecule has 0 aliphatic carbocycles. The molecule has 0 saturated carbocycles. The molecular weight excluding hydrogens is 278 g/mol. The number of carbonyl (C=O) groups is 2. The number of carbonyl (C=O) groups excluding carboxylic acids is 1. The standard InChI is InChI=1S/C18H35NO3/c1-5-6-7-8-9-10-11-12-15(4)17(20)19-16(18(21)22)13-14(2)3/h14-16H,5-13H2,1-4H3,(H,19,20)(H,21,22)/t15?,16-/m0/s1. The summed E-state index contributed by atoms with van der Waals surface area (Å²) in [5.41, 5.74) is 0. The number of amides is 1. The second-order valence-electron chi connectivity index (χ2n) is 6.84. The Morgan fingerprint density at radius 2 is 1.50 bits per heavy atom. The zero-order valence-corrected chi connectivity index (χ0v) is 14.9. The third-order valence-corrected chi connectivity index (χ3v) is 4.01. The molecule has 0 spiro atoms. The molecule has 130 valence electrons. The highest BCUT2D eigenvalue weighted by Crippen LogP contribution is 2.14. The smallest absolute Gasteiger partial charge is 0.326 e. The first kappa shape index (κ1) is 20.9. The molecule has 0 radical (unpaired) electrons. The summed E-state index contributed by atoms with van der Waals surface area (Å²) in [5, 5.41) is 11.8. The second kappa shape index (κ2) is 12.5. The van der Waals surface area contributed by atoms with Gasteiger partial charge < -0.3 is 10.4 Å². The van der Waals surface area contributed by atoms with E-state index in [0.717, 1.165) is 19.3 Å². The number of carboxylic acid groups (broad SMARTS) is 1. The summed E-state index contributed by atoms with van der Waals surface area (Å²) in [6.45, 7) is 8.03. The first-order valence-electron chi connectivity index (χ1n) is 8.91. The fraction of sp³-hybridized carbons (Fsp3) is 0.889. The molecule has 0 aliphatic heterocycles. The van der Waals surface area contributed by atoms with Crippen LogP contribution in [-0.2, 0) is 9.59 Å². The van der Waals surface area contributed by atoms with Gasteiger partial charge in [0.25, 0.3) is 0 Å². The summed E-state index contributed by atoms with van der Waals surface area (Å²) in [5.74, 6) is -0.923. The molecule has 0 heterocycles. The first-order valence-corrected chi connectivity index (χ1v) is 8.91. The summed E-state index contributed by atoms with van der Waals surface area (Å²) in [4.78, 5) is 23.2. The molecule has 1 unspecified atom stereocenters. The summed E-state index contributed by atoms with van der Waals surface area (Å²) < 4.78 is 0. The number of hydrogen-bond acceptors (Lipinski definition) is 2. The van der Waals surface area contributed by atoms with Crippen LogP contribution in [0.2, 0.25) is 0 Å². The molecular formula is C18H35NO3. The summed E-state index contributed by atoms with van der Waals surface area (Å²) in [6, 6.07) is -0.760. The Hall–Kier alpha value is -1.06. The van der Waals surface area contributed by atoms with E-state index in [1.54, 1.807) is 0 Å². The van der Waals surface area contributed by atoms with Crippen molar-refractivity contribution in [3.63, 3.8) is 0 Å². The van der Waals surface area contributed by atoms with Gasteiger partial charge in [0.2, 0.25) is 5.91 Å². The van der Waals surface area contributed by atoms with Crippen LogP contribution >= 0.6 is 0 Å². The van der Waals surface area contributed by atoms with E-state index < -0.39 is 12.0 Å². The zero-order valence-electron chi connectivity index (χ0n) is 14.9. The van der Waals surface area contributed by atoms with E-state index in [9.17, 15) is 9.59 Å². The maximum Gasteiger partial charge on any atom is 0.326 e. The predicted octanol–water partition coefficient (Wildman–Crippen LogP) is 4.38. The molecule has 4 heteroatoms. The van der Waals surface area contributed by atoms with E-state index in [-0.39, 0.29) is 17.7 Å². The quantitative estimate of drug-likeness (QED) is 0.496. The van der Waals surface area contributed by atoms with Crippen molar-refractivity contribution in [3.8, 4) is 0 Å². The number of aliphatic carboxylic acids is 1. The van der Waals surface area contributed by atoms with Crippen molar-refractivity contribution in [2.45, 2.75) is 91.5 Å². The molecule has 0 aliphatic rings. The Kier molecular flexibility index (Phi) is 11.9.